The molecule has 6 heteroatoms. The Morgan fingerprint density at radius 3 is 2.24 bits per heavy atom. The molecule has 92 valence electrons. The summed E-state index contributed by atoms with van der Waals surface area (Å²) in [6, 6.07) is 4.56. The van der Waals surface area contributed by atoms with Gasteiger partial charge in [-0.15, -0.1) is 0 Å². The van der Waals surface area contributed by atoms with Crippen LogP contribution in [0.5, 0.6) is 0 Å². The summed E-state index contributed by atoms with van der Waals surface area (Å²) in [6.07, 6.45) is 0. The third kappa shape index (κ3) is 2.87. The molecule has 0 saturated heterocycles. The molecule has 0 aliphatic carbocycles. The van der Waals surface area contributed by atoms with E-state index in [4.69, 9.17) is 17.2 Å². The molecule has 0 aliphatic heterocycles. The number of carbonyl (C=O) groups excluding carboxylic acids is 2. The molecule has 0 fully saturated rings. The SMILES string of the molecule is CC(C)(Nc1ccc(C(N)=O)cc1N)C(N)=O. The van der Waals surface area contributed by atoms with Crippen molar-refractivity contribution in [2.75, 3.05) is 11.1 Å². The number of hydrogen-bond acceptors (Lipinski definition) is 4. The molecule has 0 aromatic heterocycles. The fourth-order valence-electron chi connectivity index (χ4n) is 1.23. The van der Waals surface area contributed by atoms with Crippen molar-refractivity contribution in [3.8, 4) is 0 Å². The Morgan fingerprint density at radius 1 is 1.24 bits per heavy atom. The van der Waals surface area contributed by atoms with Gasteiger partial charge in [0.25, 0.3) is 0 Å². The summed E-state index contributed by atoms with van der Waals surface area (Å²) < 4.78 is 0. The second-order valence-electron chi connectivity index (χ2n) is 4.28. The fourth-order valence-corrected chi connectivity index (χ4v) is 1.23. The summed E-state index contributed by atoms with van der Waals surface area (Å²) in [5, 5.41) is 2.90. The highest BCUT2D eigenvalue weighted by Gasteiger charge is 2.25. The van der Waals surface area contributed by atoms with Crippen molar-refractivity contribution in [2.45, 2.75) is 19.4 Å². The Kier molecular flexibility index (Phi) is 3.26. The predicted molar refractivity (Wildman–Crippen MR) is 66.3 cm³/mol. The highest BCUT2D eigenvalue weighted by atomic mass is 16.1. The van der Waals surface area contributed by atoms with Crippen LogP contribution in [0.3, 0.4) is 0 Å². The second kappa shape index (κ2) is 4.32. The van der Waals surface area contributed by atoms with Crippen LogP contribution in [0.4, 0.5) is 11.4 Å². The summed E-state index contributed by atoms with van der Waals surface area (Å²) >= 11 is 0. The molecule has 2 amide bonds. The third-order valence-electron chi connectivity index (χ3n) is 2.40. The summed E-state index contributed by atoms with van der Waals surface area (Å²) in [5.41, 5.74) is 16.3. The Bertz CT molecular complexity index is 469. The molecule has 0 spiro atoms. The highest BCUT2D eigenvalue weighted by molar-refractivity contribution is 5.95. The zero-order chi connectivity index (χ0) is 13.2. The third-order valence-corrected chi connectivity index (χ3v) is 2.40. The van der Waals surface area contributed by atoms with Gasteiger partial charge in [-0.2, -0.15) is 0 Å². The molecule has 0 unspecified atom stereocenters. The Morgan fingerprint density at radius 2 is 1.82 bits per heavy atom. The van der Waals surface area contributed by atoms with E-state index in [0.717, 1.165) is 0 Å². The first-order valence-corrected chi connectivity index (χ1v) is 5.01. The lowest BCUT2D eigenvalue weighted by molar-refractivity contribution is -0.121. The summed E-state index contributed by atoms with van der Waals surface area (Å²) in [7, 11) is 0. The van der Waals surface area contributed by atoms with Gasteiger partial charge in [0.15, 0.2) is 0 Å². The van der Waals surface area contributed by atoms with Crippen molar-refractivity contribution in [3.05, 3.63) is 23.8 Å². The number of amides is 2. The molecule has 0 bridgehead atoms. The standard InChI is InChI=1S/C11H16N4O2/c1-11(2,10(14)17)15-8-4-3-6(9(13)16)5-7(8)12/h3-5,15H,12H2,1-2H3,(H2,13,16)(H2,14,17). The number of rotatable bonds is 4. The number of anilines is 2. The minimum atomic E-state index is -0.928. The quantitative estimate of drug-likeness (QED) is 0.551. The van der Waals surface area contributed by atoms with Crippen LogP contribution in [0.15, 0.2) is 18.2 Å². The van der Waals surface area contributed by atoms with Crippen LogP contribution >= 0.6 is 0 Å². The molecule has 0 aliphatic rings. The minimum absolute atomic E-state index is 0.310. The average Bonchev–Trinajstić information content (AvgIpc) is 2.20. The van der Waals surface area contributed by atoms with Crippen LogP contribution in [0.2, 0.25) is 0 Å². The average molecular weight is 236 g/mol. The van der Waals surface area contributed by atoms with E-state index in [1.807, 2.05) is 0 Å². The van der Waals surface area contributed by atoms with Crippen LogP contribution in [-0.4, -0.2) is 17.4 Å². The van der Waals surface area contributed by atoms with Gasteiger partial charge in [-0.3, -0.25) is 9.59 Å². The maximum Gasteiger partial charge on any atom is 0.248 e. The number of primary amides is 2. The number of benzene rings is 1. The zero-order valence-electron chi connectivity index (χ0n) is 9.78. The van der Waals surface area contributed by atoms with E-state index in [0.29, 0.717) is 16.9 Å². The molecule has 6 nitrogen and oxygen atoms in total. The van der Waals surface area contributed by atoms with E-state index in [1.54, 1.807) is 19.9 Å². The predicted octanol–water partition coefficient (Wildman–Crippen LogP) is 0.0435. The van der Waals surface area contributed by atoms with Gasteiger partial charge in [-0.05, 0) is 32.0 Å². The Labute approximate surface area is 99.1 Å². The smallest absolute Gasteiger partial charge is 0.248 e. The van der Waals surface area contributed by atoms with Crippen LogP contribution in [0.1, 0.15) is 24.2 Å². The van der Waals surface area contributed by atoms with Gasteiger partial charge in [0.2, 0.25) is 11.8 Å². The second-order valence-corrected chi connectivity index (χ2v) is 4.28. The number of nitrogens with two attached hydrogens (primary N) is 3. The maximum absolute atomic E-state index is 11.2. The van der Waals surface area contributed by atoms with Crippen LogP contribution in [0, 0.1) is 0 Å². The van der Waals surface area contributed by atoms with Crippen LogP contribution < -0.4 is 22.5 Å². The van der Waals surface area contributed by atoms with Gasteiger partial charge in [-0.25, -0.2) is 0 Å². The van der Waals surface area contributed by atoms with Gasteiger partial charge in [0.05, 0.1) is 11.4 Å². The molecule has 1 aromatic carbocycles. The van der Waals surface area contributed by atoms with Crippen molar-refractivity contribution < 1.29 is 9.59 Å². The first-order valence-electron chi connectivity index (χ1n) is 5.01. The first-order chi connectivity index (χ1) is 7.74. The molecular formula is C11H16N4O2. The van der Waals surface area contributed by atoms with E-state index in [-0.39, 0.29) is 0 Å². The Balaban J connectivity index is 3.02. The van der Waals surface area contributed by atoms with Gasteiger partial charge in [0, 0.05) is 5.56 Å². The molecule has 0 radical (unpaired) electrons. The van der Waals surface area contributed by atoms with Crippen molar-refractivity contribution in [1.82, 2.24) is 0 Å². The summed E-state index contributed by atoms with van der Waals surface area (Å²) in [5.74, 6) is -1.06. The fraction of sp³-hybridized carbons (Fsp3) is 0.273. The van der Waals surface area contributed by atoms with E-state index in [9.17, 15) is 9.59 Å². The molecule has 0 saturated carbocycles. The van der Waals surface area contributed by atoms with E-state index < -0.39 is 17.4 Å². The lowest BCUT2D eigenvalue weighted by Gasteiger charge is -2.24. The molecule has 0 atom stereocenters. The van der Waals surface area contributed by atoms with Crippen LogP contribution in [-0.2, 0) is 4.79 Å². The number of nitrogens with one attached hydrogen (secondary N) is 1. The van der Waals surface area contributed by atoms with Gasteiger partial charge in [-0.1, -0.05) is 0 Å². The monoisotopic (exact) mass is 236 g/mol. The zero-order valence-corrected chi connectivity index (χ0v) is 9.78. The molecule has 1 aromatic rings. The van der Waals surface area contributed by atoms with Gasteiger partial charge in [0.1, 0.15) is 5.54 Å². The lowest BCUT2D eigenvalue weighted by Crippen LogP contribution is -2.45. The number of hydrogen-bond donors (Lipinski definition) is 4. The van der Waals surface area contributed by atoms with E-state index in [1.165, 1.54) is 12.1 Å². The largest absolute Gasteiger partial charge is 0.397 e. The minimum Gasteiger partial charge on any atom is -0.397 e. The van der Waals surface area contributed by atoms with E-state index >= 15 is 0 Å². The van der Waals surface area contributed by atoms with Crippen molar-refractivity contribution in [2.24, 2.45) is 11.5 Å². The van der Waals surface area contributed by atoms with Crippen molar-refractivity contribution in [3.63, 3.8) is 0 Å². The summed E-state index contributed by atoms with van der Waals surface area (Å²) in [4.78, 5) is 22.1. The van der Waals surface area contributed by atoms with Crippen molar-refractivity contribution >= 4 is 23.2 Å². The molecule has 0 heterocycles. The Hall–Kier alpha value is -2.24. The summed E-state index contributed by atoms with van der Waals surface area (Å²) in [6.45, 7) is 3.27. The molecule has 1 rings (SSSR count). The molecule has 17 heavy (non-hydrogen) atoms. The van der Waals surface area contributed by atoms with E-state index in [2.05, 4.69) is 5.32 Å². The topological polar surface area (TPSA) is 124 Å². The van der Waals surface area contributed by atoms with Gasteiger partial charge < -0.3 is 22.5 Å². The molecular weight excluding hydrogens is 220 g/mol. The van der Waals surface area contributed by atoms with Crippen LogP contribution in [0.25, 0.3) is 0 Å². The normalized spacial score (nSPS) is 10.9. The van der Waals surface area contributed by atoms with Crippen molar-refractivity contribution in [1.29, 1.82) is 0 Å². The highest BCUT2D eigenvalue weighted by Crippen LogP contribution is 2.23. The maximum atomic E-state index is 11.2. The number of carbonyl (C=O) groups is 2. The molecule has 7 N–H and O–H groups in total. The first kappa shape index (κ1) is 12.8. The lowest BCUT2D eigenvalue weighted by atomic mass is 10.0. The number of nitrogen functional groups attached to an aromatic ring is 1. The van der Waals surface area contributed by atoms with Gasteiger partial charge >= 0.3 is 0 Å².